The van der Waals surface area contributed by atoms with Crippen LogP contribution in [0.5, 0.6) is 0 Å². The second-order valence-electron chi connectivity index (χ2n) is 3.64. The maximum absolute atomic E-state index is 9.21. The standard InChI is InChI=1S/C11H14N4O/c1-8(16)14-11-5-9(3-4-13-11)10-6-12-7-15(10)2/h3-8,16H,1-2H3,(H,13,14). The number of aliphatic hydroxyl groups is 1. The van der Waals surface area contributed by atoms with Gasteiger partial charge in [0.2, 0.25) is 0 Å². The molecular weight excluding hydrogens is 204 g/mol. The molecular formula is C11H14N4O. The zero-order chi connectivity index (χ0) is 11.5. The number of nitrogens with one attached hydrogen (secondary N) is 1. The molecule has 0 saturated heterocycles. The molecule has 5 heteroatoms. The van der Waals surface area contributed by atoms with E-state index in [0.717, 1.165) is 11.3 Å². The second kappa shape index (κ2) is 4.32. The molecule has 2 aromatic heterocycles. The van der Waals surface area contributed by atoms with Gasteiger partial charge in [-0.1, -0.05) is 0 Å². The Morgan fingerprint density at radius 2 is 2.31 bits per heavy atom. The molecule has 0 aromatic carbocycles. The van der Waals surface area contributed by atoms with Crippen molar-refractivity contribution in [3.63, 3.8) is 0 Å². The van der Waals surface area contributed by atoms with Crippen molar-refractivity contribution >= 4 is 5.82 Å². The lowest BCUT2D eigenvalue weighted by Crippen LogP contribution is -2.14. The lowest BCUT2D eigenvalue weighted by molar-refractivity contribution is 0.224. The number of nitrogens with zero attached hydrogens (tertiary/aromatic N) is 3. The van der Waals surface area contributed by atoms with Crippen molar-refractivity contribution in [2.24, 2.45) is 7.05 Å². The monoisotopic (exact) mass is 218 g/mol. The van der Waals surface area contributed by atoms with Gasteiger partial charge in [0.1, 0.15) is 12.0 Å². The number of imidazole rings is 1. The summed E-state index contributed by atoms with van der Waals surface area (Å²) in [7, 11) is 1.94. The number of hydrogen-bond donors (Lipinski definition) is 2. The van der Waals surface area contributed by atoms with Gasteiger partial charge in [-0.2, -0.15) is 0 Å². The predicted octanol–water partition coefficient (Wildman–Crippen LogP) is 1.23. The summed E-state index contributed by atoms with van der Waals surface area (Å²) in [6.45, 7) is 1.65. The van der Waals surface area contributed by atoms with Crippen LogP contribution in [-0.2, 0) is 7.05 Å². The number of pyridine rings is 1. The molecule has 1 unspecified atom stereocenters. The zero-order valence-corrected chi connectivity index (χ0v) is 9.25. The summed E-state index contributed by atoms with van der Waals surface area (Å²) in [4.78, 5) is 8.18. The number of aryl methyl sites for hydroxylation is 1. The van der Waals surface area contributed by atoms with Gasteiger partial charge in [0, 0.05) is 18.8 Å². The van der Waals surface area contributed by atoms with Gasteiger partial charge in [0.05, 0.1) is 18.2 Å². The van der Waals surface area contributed by atoms with Crippen molar-refractivity contribution in [1.29, 1.82) is 0 Å². The Morgan fingerprint density at radius 1 is 1.50 bits per heavy atom. The van der Waals surface area contributed by atoms with Crippen molar-refractivity contribution in [2.75, 3.05) is 5.32 Å². The van der Waals surface area contributed by atoms with Crippen LogP contribution in [0, 0.1) is 0 Å². The molecule has 0 spiro atoms. The van der Waals surface area contributed by atoms with Gasteiger partial charge in [-0.25, -0.2) is 9.97 Å². The molecule has 0 saturated carbocycles. The third kappa shape index (κ3) is 2.20. The molecule has 0 aliphatic carbocycles. The third-order valence-corrected chi connectivity index (χ3v) is 2.23. The minimum atomic E-state index is -0.616. The van der Waals surface area contributed by atoms with Gasteiger partial charge in [-0.15, -0.1) is 0 Å². The van der Waals surface area contributed by atoms with Gasteiger partial charge in [0.25, 0.3) is 0 Å². The molecule has 84 valence electrons. The smallest absolute Gasteiger partial charge is 0.128 e. The zero-order valence-electron chi connectivity index (χ0n) is 9.25. The average molecular weight is 218 g/mol. The van der Waals surface area contributed by atoms with Gasteiger partial charge < -0.3 is 15.0 Å². The van der Waals surface area contributed by atoms with E-state index in [9.17, 15) is 5.11 Å². The fourth-order valence-corrected chi connectivity index (χ4v) is 1.52. The highest BCUT2D eigenvalue weighted by atomic mass is 16.3. The van der Waals surface area contributed by atoms with Crippen LogP contribution in [0.2, 0.25) is 0 Å². The van der Waals surface area contributed by atoms with Crippen LogP contribution in [0.4, 0.5) is 5.82 Å². The quantitative estimate of drug-likeness (QED) is 0.761. The highest BCUT2D eigenvalue weighted by molar-refractivity contribution is 5.62. The second-order valence-corrected chi connectivity index (χ2v) is 3.64. The summed E-state index contributed by atoms with van der Waals surface area (Å²) in [5.41, 5.74) is 2.02. The van der Waals surface area contributed by atoms with E-state index in [4.69, 9.17) is 0 Å². The summed E-state index contributed by atoms with van der Waals surface area (Å²) in [5.74, 6) is 0.647. The topological polar surface area (TPSA) is 63.0 Å². The molecule has 0 fully saturated rings. The molecule has 0 radical (unpaired) electrons. The first-order valence-electron chi connectivity index (χ1n) is 5.04. The Kier molecular flexibility index (Phi) is 2.87. The van der Waals surface area contributed by atoms with Crippen LogP contribution in [0.15, 0.2) is 30.9 Å². The summed E-state index contributed by atoms with van der Waals surface area (Å²) in [5, 5.41) is 12.1. The highest BCUT2D eigenvalue weighted by Gasteiger charge is 2.04. The minimum Gasteiger partial charge on any atom is -0.374 e. The first kappa shape index (κ1) is 10.6. The SMILES string of the molecule is CC(O)Nc1cc(-c2cncn2C)ccn1. The number of anilines is 1. The lowest BCUT2D eigenvalue weighted by atomic mass is 10.2. The van der Waals surface area contributed by atoms with E-state index in [0.29, 0.717) is 5.82 Å². The Hall–Kier alpha value is -1.88. The largest absolute Gasteiger partial charge is 0.374 e. The molecule has 2 rings (SSSR count). The van der Waals surface area contributed by atoms with Crippen LogP contribution in [0.1, 0.15) is 6.92 Å². The van der Waals surface area contributed by atoms with E-state index < -0.39 is 6.23 Å². The maximum Gasteiger partial charge on any atom is 0.128 e. The van der Waals surface area contributed by atoms with E-state index in [1.165, 1.54) is 0 Å². The Labute approximate surface area is 93.8 Å². The first-order valence-corrected chi connectivity index (χ1v) is 5.04. The van der Waals surface area contributed by atoms with Gasteiger partial charge in [0.15, 0.2) is 0 Å². The van der Waals surface area contributed by atoms with E-state index in [-0.39, 0.29) is 0 Å². The van der Waals surface area contributed by atoms with Crippen LogP contribution >= 0.6 is 0 Å². The molecule has 0 aliphatic rings. The van der Waals surface area contributed by atoms with Crippen molar-refractivity contribution in [3.05, 3.63) is 30.9 Å². The number of hydrogen-bond acceptors (Lipinski definition) is 4. The molecule has 2 heterocycles. The van der Waals surface area contributed by atoms with Crippen molar-refractivity contribution in [1.82, 2.24) is 14.5 Å². The lowest BCUT2D eigenvalue weighted by Gasteiger charge is -2.09. The summed E-state index contributed by atoms with van der Waals surface area (Å²) in [6.07, 6.45) is 4.63. The fraction of sp³-hybridized carbons (Fsp3) is 0.273. The molecule has 2 aromatic rings. The Bertz CT molecular complexity index is 478. The van der Waals surface area contributed by atoms with Crippen molar-refractivity contribution in [3.8, 4) is 11.3 Å². The van der Waals surface area contributed by atoms with E-state index in [1.807, 2.05) is 23.7 Å². The predicted molar refractivity (Wildman–Crippen MR) is 61.7 cm³/mol. The molecule has 2 N–H and O–H groups in total. The number of aliphatic hydroxyl groups excluding tert-OH is 1. The van der Waals surface area contributed by atoms with Crippen LogP contribution < -0.4 is 5.32 Å². The highest BCUT2D eigenvalue weighted by Crippen LogP contribution is 2.20. The number of aromatic nitrogens is 3. The minimum absolute atomic E-state index is 0.616. The Morgan fingerprint density at radius 3 is 2.94 bits per heavy atom. The van der Waals surface area contributed by atoms with E-state index >= 15 is 0 Å². The van der Waals surface area contributed by atoms with Gasteiger partial charge >= 0.3 is 0 Å². The molecule has 1 atom stereocenters. The van der Waals surface area contributed by atoms with Crippen LogP contribution in [-0.4, -0.2) is 25.9 Å². The molecule has 0 bridgehead atoms. The molecule has 0 amide bonds. The molecule has 0 aliphatic heterocycles. The van der Waals surface area contributed by atoms with Crippen molar-refractivity contribution < 1.29 is 5.11 Å². The van der Waals surface area contributed by atoms with Gasteiger partial charge in [-0.3, -0.25) is 0 Å². The van der Waals surface area contributed by atoms with Crippen LogP contribution in [0.25, 0.3) is 11.3 Å². The van der Waals surface area contributed by atoms with Gasteiger partial charge in [-0.05, 0) is 19.1 Å². The first-order chi connectivity index (χ1) is 7.66. The van der Waals surface area contributed by atoms with E-state index in [1.54, 1.807) is 25.6 Å². The number of rotatable bonds is 3. The summed E-state index contributed by atoms with van der Waals surface area (Å²) in [6, 6.07) is 3.79. The Balaban J connectivity index is 2.33. The normalized spacial score (nSPS) is 12.4. The summed E-state index contributed by atoms with van der Waals surface area (Å²) < 4.78 is 1.93. The molecule has 5 nitrogen and oxygen atoms in total. The van der Waals surface area contributed by atoms with Crippen molar-refractivity contribution in [2.45, 2.75) is 13.2 Å². The maximum atomic E-state index is 9.21. The van der Waals surface area contributed by atoms with Crippen LogP contribution in [0.3, 0.4) is 0 Å². The summed E-state index contributed by atoms with van der Waals surface area (Å²) >= 11 is 0. The average Bonchev–Trinajstić information content (AvgIpc) is 2.64. The fourth-order valence-electron chi connectivity index (χ4n) is 1.52. The third-order valence-electron chi connectivity index (χ3n) is 2.23. The van der Waals surface area contributed by atoms with E-state index in [2.05, 4.69) is 15.3 Å². The molecule has 16 heavy (non-hydrogen) atoms.